The number of nitrogens with zero attached hydrogens (tertiary/aromatic N) is 5. The molecule has 0 fully saturated rings. The lowest BCUT2D eigenvalue weighted by Gasteiger charge is -2.22. The average molecular weight is 312 g/mol. The van der Waals surface area contributed by atoms with Crippen molar-refractivity contribution >= 4 is 5.96 Å². The molecular weight excluding hydrogens is 288 g/mol. The molecular formula is C17H24N6. The third kappa shape index (κ3) is 4.67. The van der Waals surface area contributed by atoms with Gasteiger partial charge in [0.25, 0.3) is 0 Å². The summed E-state index contributed by atoms with van der Waals surface area (Å²) in [6.45, 7) is 7.60. The molecule has 1 heterocycles. The van der Waals surface area contributed by atoms with E-state index < -0.39 is 0 Å². The van der Waals surface area contributed by atoms with Crippen molar-refractivity contribution in [1.82, 2.24) is 25.0 Å². The molecule has 1 N–H and O–H groups in total. The minimum absolute atomic E-state index is 0.482. The van der Waals surface area contributed by atoms with Gasteiger partial charge in [0, 0.05) is 27.2 Å². The first-order valence-corrected chi connectivity index (χ1v) is 7.61. The highest BCUT2D eigenvalue weighted by atomic mass is 15.3. The van der Waals surface area contributed by atoms with E-state index in [9.17, 15) is 0 Å². The minimum atomic E-state index is 0.482. The largest absolute Gasteiger partial charge is 0.353 e. The molecule has 2 rings (SSSR count). The van der Waals surface area contributed by atoms with Crippen LogP contribution in [0.15, 0.2) is 48.0 Å². The summed E-state index contributed by atoms with van der Waals surface area (Å²) in [5, 5.41) is 11.5. The number of nitrogens with one attached hydrogen (secondary N) is 1. The lowest BCUT2D eigenvalue weighted by molar-refractivity contribution is 0.477. The number of guanidine groups is 1. The van der Waals surface area contributed by atoms with Crippen LogP contribution in [0.4, 0.5) is 0 Å². The monoisotopic (exact) mass is 312 g/mol. The Morgan fingerprint density at radius 2 is 2.09 bits per heavy atom. The summed E-state index contributed by atoms with van der Waals surface area (Å²) in [5.74, 6) is 2.54. The van der Waals surface area contributed by atoms with Crippen LogP contribution in [0.2, 0.25) is 0 Å². The van der Waals surface area contributed by atoms with Crippen molar-refractivity contribution < 1.29 is 0 Å². The van der Waals surface area contributed by atoms with Crippen LogP contribution in [0.3, 0.4) is 0 Å². The van der Waals surface area contributed by atoms with E-state index >= 15 is 0 Å². The molecule has 1 aromatic carbocycles. The van der Waals surface area contributed by atoms with Gasteiger partial charge in [-0.2, -0.15) is 0 Å². The fourth-order valence-electron chi connectivity index (χ4n) is 2.14. The van der Waals surface area contributed by atoms with Gasteiger partial charge in [0.2, 0.25) is 0 Å². The van der Waals surface area contributed by atoms with Crippen molar-refractivity contribution in [3.8, 4) is 0 Å². The zero-order valence-corrected chi connectivity index (χ0v) is 14.0. The van der Waals surface area contributed by atoms with Gasteiger partial charge in [-0.1, -0.05) is 36.4 Å². The number of rotatable bonds is 6. The smallest absolute Gasteiger partial charge is 0.194 e. The molecule has 122 valence electrons. The molecule has 0 bridgehead atoms. The van der Waals surface area contributed by atoms with Gasteiger partial charge in [-0.3, -0.25) is 0 Å². The number of hydrogen-bond acceptors (Lipinski definition) is 3. The van der Waals surface area contributed by atoms with E-state index in [0.29, 0.717) is 13.1 Å². The second kappa shape index (κ2) is 8.12. The maximum atomic E-state index is 4.66. The van der Waals surface area contributed by atoms with E-state index in [0.717, 1.165) is 24.2 Å². The van der Waals surface area contributed by atoms with Gasteiger partial charge in [0.1, 0.15) is 12.4 Å². The lowest BCUT2D eigenvalue weighted by Crippen LogP contribution is -2.38. The SMILES string of the molecule is C=CCNC(=NCc1nnc(C)n1C)N(C)Cc1ccccc1. The number of hydrogen-bond donors (Lipinski definition) is 1. The first-order chi connectivity index (χ1) is 11.1. The number of aliphatic imine (C=N–C) groups is 1. The van der Waals surface area contributed by atoms with E-state index in [1.165, 1.54) is 5.56 Å². The van der Waals surface area contributed by atoms with E-state index in [1.54, 1.807) is 0 Å². The molecule has 0 saturated carbocycles. The van der Waals surface area contributed by atoms with E-state index in [-0.39, 0.29) is 0 Å². The van der Waals surface area contributed by atoms with Gasteiger partial charge in [0.05, 0.1) is 0 Å². The number of benzene rings is 1. The van der Waals surface area contributed by atoms with Gasteiger partial charge in [0.15, 0.2) is 11.8 Å². The Morgan fingerprint density at radius 1 is 1.35 bits per heavy atom. The zero-order valence-electron chi connectivity index (χ0n) is 14.0. The van der Waals surface area contributed by atoms with Gasteiger partial charge < -0.3 is 14.8 Å². The van der Waals surface area contributed by atoms with Crippen molar-refractivity contribution in [2.24, 2.45) is 12.0 Å². The standard InChI is InChI=1S/C17H24N6/c1-5-11-18-17(19-12-16-21-20-14(2)23(16)4)22(3)13-15-9-7-6-8-10-15/h5-10H,1,11-13H2,2-4H3,(H,18,19). The molecule has 6 heteroatoms. The van der Waals surface area contributed by atoms with Crippen molar-refractivity contribution in [1.29, 1.82) is 0 Å². The first-order valence-electron chi connectivity index (χ1n) is 7.61. The lowest BCUT2D eigenvalue weighted by atomic mass is 10.2. The fourth-order valence-corrected chi connectivity index (χ4v) is 2.14. The highest BCUT2D eigenvalue weighted by Crippen LogP contribution is 2.04. The van der Waals surface area contributed by atoms with Gasteiger partial charge in [-0.25, -0.2) is 4.99 Å². The minimum Gasteiger partial charge on any atom is -0.353 e. The number of aromatic nitrogens is 3. The molecule has 0 unspecified atom stereocenters. The fraction of sp³-hybridized carbons (Fsp3) is 0.353. The van der Waals surface area contributed by atoms with Gasteiger partial charge >= 0.3 is 0 Å². The Morgan fingerprint density at radius 3 is 2.70 bits per heavy atom. The highest BCUT2D eigenvalue weighted by molar-refractivity contribution is 5.79. The number of aryl methyl sites for hydroxylation is 1. The Kier molecular flexibility index (Phi) is 5.91. The van der Waals surface area contributed by atoms with Crippen molar-refractivity contribution in [3.63, 3.8) is 0 Å². The molecule has 1 aromatic heterocycles. The van der Waals surface area contributed by atoms with Gasteiger partial charge in [-0.05, 0) is 12.5 Å². The van der Waals surface area contributed by atoms with Crippen molar-refractivity contribution in [2.75, 3.05) is 13.6 Å². The van der Waals surface area contributed by atoms with E-state index in [2.05, 4.69) is 44.1 Å². The quantitative estimate of drug-likeness (QED) is 0.503. The van der Waals surface area contributed by atoms with Crippen LogP contribution in [-0.2, 0) is 20.1 Å². The van der Waals surface area contributed by atoms with E-state index in [1.807, 2.05) is 49.9 Å². The van der Waals surface area contributed by atoms with Crippen LogP contribution in [0.5, 0.6) is 0 Å². The Bertz CT molecular complexity index is 659. The summed E-state index contributed by atoms with van der Waals surface area (Å²) >= 11 is 0. The molecule has 0 radical (unpaired) electrons. The van der Waals surface area contributed by atoms with Gasteiger partial charge in [-0.15, -0.1) is 16.8 Å². The molecule has 23 heavy (non-hydrogen) atoms. The van der Waals surface area contributed by atoms with Crippen LogP contribution >= 0.6 is 0 Å². The summed E-state index contributed by atoms with van der Waals surface area (Å²) < 4.78 is 1.95. The van der Waals surface area contributed by atoms with Crippen LogP contribution in [0.25, 0.3) is 0 Å². The molecule has 0 aliphatic carbocycles. The van der Waals surface area contributed by atoms with Crippen LogP contribution < -0.4 is 5.32 Å². The average Bonchev–Trinajstić information content (AvgIpc) is 2.87. The van der Waals surface area contributed by atoms with Crippen molar-refractivity contribution in [2.45, 2.75) is 20.0 Å². The van der Waals surface area contributed by atoms with Crippen LogP contribution in [-0.4, -0.2) is 39.2 Å². The van der Waals surface area contributed by atoms with Crippen LogP contribution in [0.1, 0.15) is 17.2 Å². The molecule has 2 aromatic rings. The molecule has 6 nitrogen and oxygen atoms in total. The second-order valence-corrected chi connectivity index (χ2v) is 5.37. The summed E-state index contributed by atoms with van der Waals surface area (Å²) in [6, 6.07) is 10.3. The van der Waals surface area contributed by atoms with Crippen LogP contribution in [0, 0.1) is 6.92 Å². The Balaban J connectivity index is 2.10. The van der Waals surface area contributed by atoms with E-state index in [4.69, 9.17) is 0 Å². The molecule has 0 saturated heterocycles. The summed E-state index contributed by atoms with van der Waals surface area (Å²) in [6.07, 6.45) is 1.82. The zero-order chi connectivity index (χ0) is 16.7. The molecule has 0 spiro atoms. The Hall–Kier alpha value is -2.63. The second-order valence-electron chi connectivity index (χ2n) is 5.37. The Labute approximate surface area is 137 Å². The predicted molar refractivity (Wildman–Crippen MR) is 93.0 cm³/mol. The topological polar surface area (TPSA) is 58.3 Å². The summed E-state index contributed by atoms with van der Waals surface area (Å²) in [4.78, 5) is 6.75. The van der Waals surface area contributed by atoms with Crippen molar-refractivity contribution in [3.05, 3.63) is 60.2 Å². The molecule has 0 aliphatic heterocycles. The molecule has 0 atom stereocenters. The maximum Gasteiger partial charge on any atom is 0.194 e. The molecule has 0 aliphatic rings. The summed E-state index contributed by atoms with van der Waals surface area (Å²) in [7, 11) is 3.97. The maximum absolute atomic E-state index is 4.66. The third-order valence-electron chi connectivity index (χ3n) is 3.58. The third-order valence-corrected chi connectivity index (χ3v) is 3.58. The summed E-state index contributed by atoms with van der Waals surface area (Å²) in [5.41, 5.74) is 1.23. The first kappa shape index (κ1) is 16.7. The normalized spacial score (nSPS) is 11.3. The predicted octanol–water partition coefficient (Wildman–Crippen LogP) is 1.89. The highest BCUT2D eigenvalue weighted by Gasteiger charge is 2.08. The molecule has 0 amide bonds.